The van der Waals surface area contributed by atoms with Gasteiger partial charge < -0.3 is 5.32 Å². The van der Waals surface area contributed by atoms with Gasteiger partial charge in [-0.1, -0.05) is 6.08 Å². The Morgan fingerprint density at radius 3 is 2.15 bits per heavy atom. The van der Waals surface area contributed by atoms with Crippen LogP contribution in [0.1, 0.15) is 5.56 Å². The van der Waals surface area contributed by atoms with E-state index < -0.39 is 11.6 Å². The topological polar surface area (TPSA) is 12.0 Å². The molecule has 1 fully saturated rings. The van der Waals surface area contributed by atoms with Gasteiger partial charge in [-0.15, -0.1) is 0 Å². The molecule has 0 atom stereocenters. The average Bonchev–Trinajstić information content (AvgIpc) is 1.95. The maximum atomic E-state index is 12.7. The summed E-state index contributed by atoms with van der Waals surface area (Å²) in [5, 5.41) is 3.05. The zero-order valence-electron chi connectivity index (χ0n) is 6.98. The zero-order chi connectivity index (χ0) is 9.26. The van der Waals surface area contributed by atoms with Crippen LogP contribution < -0.4 is 5.32 Å². The Bertz CT molecular complexity index is 332. The maximum absolute atomic E-state index is 12.7. The van der Waals surface area contributed by atoms with Crippen LogP contribution in [-0.4, -0.2) is 13.1 Å². The Balaban J connectivity index is 2.29. The van der Waals surface area contributed by atoms with Crippen molar-refractivity contribution in [3.63, 3.8) is 0 Å². The van der Waals surface area contributed by atoms with E-state index >= 15 is 0 Å². The molecule has 13 heavy (non-hydrogen) atoms. The first-order valence-electron chi connectivity index (χ1n) is 4.10. The number of rotatable bonds is 1. The first kappa shape index (κ1) is 8.38. The van der Waals surface area contributed by atoms with Gasteiger partial charge in [0, 0.05) is 19.2 Å². The highest BCUT2D eigenvalue weighted by molar-refractivity contribution is 5.55. The summed E-state index contributed by atoms with van der Waals surface area (Å²) in [6, 6.07) is 3.53. The third kappa shape index (κ3) is 1.92. The molecule has 0 aromatic heterocycles. The van der Waals surface area contributed by atoms with E-state index in [4.69, 9.17) is 0 Å². The summed E-state index contributed by atoms with van der Waals surface area (Å²) in [6.07, 6.45) is 1.81. The van der Waals surface area contributed by atoms with Crippen molar-refractivity contribution in [3.8, 4) is 0 Å². The van der Waals surface area contributed by atoms with Crippen molar-refractivity contribution in [1.82, 2.24) is 5.32 Å². The van der Waals surface area contributed by atoms with Crippen molar-refractivity contribution < 1.29 is 8.78 Å². The average molecular weight is 181 g/mol. The van der Waals surface area contributed by atoms with Crippen molar-refractivity contribution in [2.45, 2.75) is 0 Å². The van der Waals surface area contributed by atoms with Gasteiger partial charge in [0.15, 0.2) is 0 Å². The molecular formula is C10H9F2N. The van der Waals surface area contributed by atoms with Crippen LogP contribution in [0.2, 0.25) is 0 Å². The fourth-order valence-corrected chi connectivity index (χ4v) is 1.27. The largest absolute Gasteiger partial charge is 0.309 e. The van der Waals surface area contributed by atoms with Gasteiger partial charge in [-0.2, -0.15) is 0 Å². The van der Waals surface area contributed by atoms with Gasteiger partial charge in [0.25, 0.3) is 0 Å². The fraction of sp³-hybridized carbons (Fsp3) is 0.200. The second kappa shape index (κ2) is 3.26. The molecule has 68 valence electrons. The Kier molecular flexibility index (Phi) is 2.10. The molecule has 0 radical (unpaired) electrons. The lowest BCUT2D eigenvalue weighted by molar-refractivity contribution is 0.582. The van der Waals surface area contributed by atoms with Crippen LogP contribution in [0.3, 0.4) is 0 Å². The molecule has 1 heterocycles. The molecule has 0 amide bonds. The minimum absolute atomic E-state index is 0.529. The molecule has 0 aliphatic carbocycles. The molecule has 0 saturated carbocycles. The van der Waals surface area contributed by atoms with Gasteiger partial charge in [-0.05, 0) is 23.3 Å². The lowest BCUT2D eigenvalue weighted by Crippen LogP contribution is -2.33. The third-order valence-electron chi connectivity index (χ3n) is 1.96. The van der Waals surface area contributed by atoms with Crippen molar-refractivity contribution in [1.29, 1.82) is 0 Å². The van der Waals surface area contributed by atoms with Gasteiger partial charge >= 0.3 is 0 Å². The number of benzene rings is 1. The highest BCUT2D eigenvalue weighted by atomic mass is 19.1. The normalized spacial score (nSPS) is 15.4. The molecule has 0 bridgehead atoms. The lowest BCUT2D eigenvalue weighted by Gasteiger charge is -2.18. The smallest absolute Gasteiger partial charge is 0.126 e. The second-order valence-electron chi connectivity index (χ2n) is 3.11. The predicted molar refractivity (Wildman–Crippen MR) is 47.2 cm³/mol. The molecule has 1 aliphatic heterocycles. The van der Waals surface area contributed by atoms with Crippen molar-refractivity contribution in [2.24, 2.45) is 0 Å². The number of nitrogens with one attached hydrogen (secondary N) is 1. The number of hydrogen-bond donors (Lipinski definition) is 1. The van der Waals surface area contributed by atoms with E-state index in [0.29, 0.717) is 5.56 Å². The summed E-state index contributed by atoms with van der Waals surface area (Å²) in [4.78, 5) is 0. The van der Waals surface area contributed by atoms with Crippen molar-refractivity contribution in [3.05, 3.63) is 41.0 Å². The zero-order valence-corrected chi connectivity index (χ0v) is 6.98. The summed E-state index contributed by atoms with van der Waals surface area (Å²) < 4.78 is 25.4. The summed E-state index contributed by atoms with van der Waals surface area (Å²) >= 11 is 0. The summed E-state index contributed by atoms with van der Waals surface area (Å²) in [7, 11) is 0. The van der Waals surface area contributed by atoms with E-state index in [1.807, 2.05) is 6.08 Å². The summed E-state index contributed by atoms with van der Waals surface area (Å²) in [5.41, 5.74) is 1.76. The van der Waals surface area contributed by atoms with E-state index in [2.05, 4.69) is 5.32 Å². The lowest BCUT2D eigenvalue weighted by atomic mass is 10.1. The molecule has 1 saturated heterocycles. The van der Waals surface area contributed by atoms with Crippen LogP contribution in [0.25, 0.3) is 6.08 Å². The highest BCUT2D eigenvalue weighted by Gasteiger charge is 2.07. The number of halogens is 2. The molecule has 0 unspecified atom stereocenters. The first-order chi connectivity index (χ1) is 6.24. The SMILES string of the molecule is Fc1cc(F)cc(C=C2CNC2)c1. The van der Waals surface area contributed by atoms with E-state index in [1.165, 1.54) is 17.7 Å². The van der Waals surface area contributed by atoms with E-state index in [-0.39, 0.29) is 0 Å². The molecule has 1 N–H and O–H groups in total. The molecule has 2 rings (SSSR count). The van der Waals surface area contributed by atoms with Gasteiger partial charge in [0.2, 0.25) is 0 Å². The molecule has 0 spiro atoms. The molecule has 1 aromatic carbocycles. The Hall–Kier alpha value is -1.22. The van der Waals surface area contributed by atoms with Crippen LogP contribution in [0, 0.1) is 11.6 Å². The molecule has 1 aliphatic rings. The second-order valence-corrected chi connectivity index (χ2v) is 3.11. The molecule has 1 nitrogen and oxygen atoms in total. The van der Waals surface area contributed by atoms with Crippen LogP contribution >= 0.6 is 0 Å². The van der Waals surface area contributed by atoms with E-state index in [1.54, 1.807) is 0 Å². The van der Waals surface area contributed by atoms with Crippen LogP contribution in [-0.2, 0) is 0 Å². The summed E-state index contributed by atoms with van der Waals surface area (Å²) in [6.45, 7) is 1.64. The van der Waals surface area contributed by atoms with Gasteiger partial charge in [0.1, 0.15) is 11.6 Å². The Labute approximate surface area is 75.1 Å². The monoisotopic (exact) mass is 181 g/mol. The van der Waals surface area contributed by atoms with Gasteiger partial charge in [-0.25, -0.2) is 8.78 Å². The summed E-state index contributed by atoms with van der Waals surface area (Å²) in [5.74, 6) is -1.06. The highest BCUT2D eigenvalue weighted by Crippen LogP contribution is 2.13. The molecule has 3 heteroatoms. The van der Waals surface area contributed by atoms with Crippen LogP contribution in [0.4, 0.5) is 8.78 Å². The Morgan fingerprint density at radius 1 is 1.08 bits per heavy atom. The minimum atomic E-state index is -0.529. The van der Waals surface area contributed by atoms with E-state index in [9.17, 15) is 8.78 Å². The van der Waals surface area contributed by atoms with E-state index in [0.717, 1.165) is 19.2 Å². The standard InChI is InChI=1S/C10H9F2N/c11-9-2-7(3-10(12)4-9)1-8-5-13-6-8/h1-4,13H,5-6H2. The van der Waals surface area contributed by atoms with Crippen LogP contribution in [0.5, 0.6) is 0 Å². The number of hydrogen-bond acceptors (Lipinski definition) is 1. The van der Waals surface area contributed by atoms with Crippen molar-refractivity contribution in [2.75, 3.05) is 13.1 Å². The predicted octanol–water partition coefficient (Wildman–Crippen LogP) is 1.95. The third-order valence-corrected chi connectivity index (χ3v) is 1.96. The maximum Gasteiger partial charge on any atom is 0.126 e. The van der Waals surface area contributed by atoms with Gasteiger partial charge in [-0.3, -0.25) is 0 Å². The Morgan fingerprint density at radius 2 is 1.69 bits per heavy atom. The van der Waals surface area contributed by atoms with Crippen LogP contribution in [0.15, 0.2) is 23.8 Å². The fourth-order valence-electron chi connectivity index (χ4n) is 1.27. The minimum Gasteiger partial charge on any atom is -0.309 e. The first-order valence-corrected chi connectivity index (χ1v) is 4.10. The van der Waals surface area contributed by atoms with Crippen molar-refractivity contribution >= 4 is 6.08 Å². The van der Waals surface area contributed by atoms with Gasteiger partial charge in [0.05, 0.1) is 0 Å². The molecular weight excluding hydrogens is 172 g/mol. The molecule has 1 aromatic rings. The quantitative estimate of drug-likeness (QED) is 0.698.